The Hall–Kier alpha value is -0.643. The van der Waals surface area contributed by atoms with E-state index in [1.165, 1.54) is 50.3 Å². The smallest absolute Gasteiger partial charge is 0.0992 e. The Bertz CT molecular complexity index is 416. The van der Waals surface area contributed by atoms with Gasteiger partial charge in [-0.25, -0.2) is 0 Å². The second-order valence-electron chi connectivity index (χ2n) is 8.20. The monoisotopic (exact) mass is 349 g/mol. The van der Waals surface area contributed by atoms with E-state index < -0.39 is 8.07 Å². The highest BCUT2D eigenvalue weighted by Crippen LogP contribution is 2.21. The molecule has 0 saturated carbocycles. The van der Waals surface area contributed by atoms with Gasteiger partial charge in [-0.2, -0.15) is 0 Å². The predicted octanol–water partition coefficient (Wildman–Crippen LogP) is 6.26. The van der Waals surface area contributed by atoms with E-state index >= 15 is 0 Å². The number of unbranched alkanes of at least 4 members (excludes halogenated alkanes) is 5. The van der Waals surface area contributed by atoms with Crippen molar-refractivity contribution < 1.29 is 4.74 Å². The van der Waals surface area contributed by atoms with Crippen molar-refractivity contribution in [2.45, 2.75) is 78.1 Å². The lowest BCUT2D eigenvalue weighted by molar-refractivity contribution is 0.0158. The molecule has 2 nitrogen and oxygen atoms in total. The van der Waals surface area contributed by atoms with Crippen LogP contribution in [0.3, 0.4) is 0 Å². The van der Waals surface area contributed by atoms with E-state index in [9.17, 15) is 0 Å². The number of benzene rings is 1. The molecule has 3 heteroatoms. The zero-order valence-corrected chi connectivity index (χ0v) is 17.7. The van der Waals surface area contributed by atoms with Crippen molar-refractivity contribution in [2.24, 2.45) is 0 Å². The Morgan fingerprint density at radius 1 is 0.958 bits per heavy atom. The van der Waals surface area contributed by atoms with Gasteiger partial charge in [0, 0.05) is 12.6 Å². The number of rotatable bonds is 13. The van der Waals surface area contributed by atoms with Crippen LogP contribution in [0.1, 0.15) is 64.0 Å². The first kappa shape index (κ1) is 21.4. The van der Waals surface area contributed by atoms with Crippen molar-refractivity contribution in [2.75, 3.05) is 19.5 Å². The molecule has 0 aliphatic rings. The summed E-state index contributed by atoms with van der Waals surface area (Å²) >= 11 is 0. The molecule has 0 aliphatic heterocycles. The molecule has 0 amide bonds. The number of nitrogens with zero attached hydrogens (tertiary/aromatic N) is 1. The maximum absolute atomic E-state index is 6.04. The molecule has 138 valence electrons. The van der Waals surface area contributed by atoms with Crippen LogP contribution in [0.5, 0.6) is 0 Å². The molecule has 0 N–H and O–H groups in total. The fraction of sp³-hybridized carbons (Fsp3) is 0.714. The topological polar surface area (TPSA) is 12.5 Å². The van der Waals surface area contributed by atoms with Crippen LogP contribution in [0.4, 0.5) is 0 Å². The molecule has 0 spiro atoms. The van der Waals surface area contributed by atoms with Gasteiger partial charge < -0.3 is 4.74 Å². The molecule has 0 saturated heterocycles. The Balaban J connectivity index is 2.40. The lowest BCUT2D eigenvalue weighted by atomic mass is 10.1. The van der Waals surface area contributed by atoms with Gasteiger partial charge in [0.25, 0.3) is 0 Å². The molecule has 0 fully saturated rings. The zero-order valence-electron chi connectivity index (χ0n) is 16.7. The van der Waals surface area contributed by atoms with E-state index in [0.29, 0.717) is 6.04 Å². The highest BCUT2D eigenvalue weighted by Gasteiger charge is 2.23. The maximum atomic E-state index is 6.04. The van der Waals surface area contributed by atoms with Crippen LogP contribution in [0.15, 0.2) is 30.3 Å². The molecule has 1 atom stereocenters. The van der Waals surface area contributed by atoms with Gasteiger partial charge in [-0.3, -0.25) is 4.90 Å². The van der Waals surface area contributed by atoms with E-state index in [-0.39, 0.29) is 0 Å². The van der Waals surface area contributed by atoms with Gasteiger partial charge in [0.1, 0.15) is 0 Å². The molecule has 1 aromatic carbocycles. The number of ether oxygens (including phenoxy) is 1. The molecule has 0 bridgehead atoms. The highest BCUT2D eigenvalue weighted by atomic mass is 28.3. The average Bonchev–Trinajstić information content (AvgIpc) is 2.55. The average molecular weight is 350 g/mol. The summed E-state index contributed by atoms with van der Waals surface area (Å²) in [4.78, 5) is 2.53. The summed E-state index contributed by atoms with van der Waals surface area (Å²) in [5, 5.41) is 0. The first-order chi connectivity index (χ1) is 11.4. The summed E-state index contributed by atoms with van der Waals surface area (Å²) in [5.74, 6) is 0. The normalized spacial score (nSPS) is 13.4. The maximum Gasteiger partial charge on any atom is 0.0992 e. The van der Waals surface area contributed by atoms with Crippen molar-refractivity contribution in [3.05, 3.63) is 35.9 Å². The first-order valence-corrected chi connectivity index (χ1v) is 13.5. The molecule has 24 heavy (non-hydrogen) atoms. The van der Waals surface area contributed by atoms with Gasteiger partial charge in [0.05, 0.1) is 14.8 Å². The van der Waals surface area contributed by atoms with E-state index in [1.54, 1.807) is 0 Å². The number of hydrogen-bond acceptors (Lipinski definition) is 2. The van der Waals surface area contributed by atoms with E-state index in [2.05, 4.69) is 68.7 Å². The lowest BCUT2D eigenvalue weighted by Crippen LogP contribution is -2.42. The van der Waals surface area contributed by atoms with Crippen molar-refractivity contribution in [1.29, 1.82) is 0 Å². The largest absolute Gasteiger partial charge is 0.366 e. The van der Waals surface area contributed by atoms with Crippen LogP contribution in [-0.2, 0) is 4.74 Å². The van der Waals surface area contributed by atoms with E-state index in [0.717, 1.165) is 13.3 Å². The van der Waals surface area contributed by atoms with Crippen LogP contribution in [-0.4, -0.2) is 32.5 Å². The van der Waals surface area contributed by atoms with Gasteiger partial charge >= 0.3 is 0 Å². The van der Waals surface area contributed by atoms with E-state index in [1.807, 2.05) is 0 Å². The minimum atomic E-state index is -1.16. The lowest BCUT2D eigenvalue weighted by Gasteiger charge is -2.33. The van der Waals surface area contributed by atoms with Crippen molar-refractivity contribution in [3.8, 4) is 0 Å². The summed E-state index contributed by atoms with van der Waals surface area (Å²) in [6, 6.07) is 11.2. The standard InChI is InChI=1S/C21H39NOSi/c1-6-7-8-9-10-14-17-23-18-22(19-24(3,4)5)20(2)21-15-12-11-13-16-21/h11-13,15-16,20H,6-10,14,17-19H2,1-5H3/t20-/m0/s1. The molecule has 0 heterocycles. The SMILES string of the molecule is CCCCCCCCOCN(C[Si](C)(C)C)[C@@H](C)c1ccccc1. The molecule has 0 unspecified atom stereocenters. The third-order valence-electron chi connectivity index (χ3n) is 4.41. The molecule has 0 aliphatic carbocycles. The van der Waals surface area contributed by atoms with Gasteiger partial charge in [-0.1, -0.05) is 89.0 Å². The second-order valence-corrected chi connectivity index (χ2v) is 13.6. The molecular formula is C21H39NOSi. The van der Waals surface area contributed by atoms with Crippen LogP contribution in [0, 0.1) is 0 Å². The van der Waals surface area contributed by atoms with Crippen molar-refractivity contribution >= 4 is 8.07 Å². The molecule has 1 aromatic rings. The number of hydrogen-bond donors (Lipinski definition) is 0. The Morgan fingerprint density at radius 2 is 1.58 bits per heavy atom. The van der Waals surface area contributed by atoms with Crippen LogP contribution in [0.25, 0.3) is 0 Å². The summed E-state index contributed by atoms with van der Waals surface area (Å²) in [7, 11) is -1.16. The molecule has 1 rings (SSSR count). The van der Waals surface area contributed by atoms with Crippen LogP contribution in [0.2, 0.25) is 19.6 Å². The fourth-order valence-electron chi connectivity index (χ4n) is 3.01. The van der Waals surface area contributed by atoms with Crippen LogP contribution < -0.4 is 0 Å². The third-order valence-corrected chi connectivity index (χ3v) is 5.76. The Labute approximate surface area is 151 Å². The van der Waals surface area contributed by atoms with Gasteiger partial charge in [-0.05, 0) is 25.1 Å². The van der Waals surface area contributed by atoms with Gasteiger partial charge in [-0.15, -0.1) is 0 Å². The highest BCUT2D eigenvalue weighted by molar-refractivity contribution is 6.76. The quantitative estimate of drug-likeness (QED) is 0.237. The van der Waals surface area contributed by atoms with Crippen molar-refractivity contribution in [1.82, 2.24) is 4.90 Å². The fourth-order valence-corrected chi connectivity index (χ4v) is 4.60. The Morgan fingerprint density at radius 3 is 2.21 bits per heavy atom. The predicted molar refractivity (Wildman–Crippen MR) is 109 cm³/mol. The Kier molecular flexibility index (Phi) is 10.6. The molecule has 0 radical (unpaired) electrons. The van der Waals surface area contributed by atoms with Gasteiger partial charge in [0.2, 0.25) is 0 Å². The zero-order chi connectivity index (χ0) is 17.8. The summed E-state index contributed by atoms with van der Waals surface area (Å²) in [6.07, 6.45) is 9.12. The molecular weight excluding hydrogens is 310 g/mol. The minimum absolute atomic E-state index is 0.419. The first-order valence-electron chi connectivity index (χ1n) is 9.81. The summed E-state index contributed by atoms with van der Waals surface area (Å²) in [5.41, 5.74) is 1.39. The minimum Gasteiger partial charge on any atom is -0.366 e. The van der Waals surface area contributed by atoms with E-state index in [4.69, 9.17) is 4.74 Å². The van der Waals surface area contributed by atoms with Gasteiger partial charge in [0.15, 0.2) is 0 Å². The summed E-state index contributed by atoms with van der Waals surface area (Å²) < 4.78 is 6.04. The van der Waals surface area contributed by atoms with Crippen LogP contribution >= 0.6 is 0 Å². The second kappa shape index (κ2) is 11.8. The third kappa shape index (κ3) is 9.60. The van der Waals surface area contributed by atoms with Crippen molar-refractivity contribution in [3.63, 3.8) is 0 Å². The molecule has 0 aromatic heterocycles. The summed E-state index contributed by atoms with van der Waals surface area (Å²) in [6.45, 7) is 13.5.